The monoisotopic (exact) mass is 226 g/mol. The van der Waals surface area contributed by atoms with Gasteiger partial charge in [0, 0.05) is 16.7 Å². The second-order valence-corrected chi connectivity index (χ2v) is 3.16. The van der Waals surface area contributed by atoms with Crippen LogP contribution in [0.2, 0.25) is 5.02 Å². The van der Waals surface area contributed by atoms with E-state index in [9.17, 15) is 9.18 Å². The highest BCUT2D eigenvalue weighted by Crippen LogP contribution is 2.15. The third-order valence-corrected chi connectivity index (χ3v) is 1.82. The molecule has 0 aliphatic heterocycles. The SMILES string of the molecule is O=C(O)/C=C/C=C/c1cc(Cl)ccc1F. The third kappa shape index (κ3) is 3.95. The first-order valence-corrected chi connectivity index (χ1v) is 4.50. The molecule has 0 aliphatic carbocycles. The highest BCUT2D eigenvalue weighted by atomic mass is 35.5. The zero-order valence-corrected chi connectivity index (χ0v) is 8.41. The Morgan fingerprint density at radius 3 is 2.80 bits per heavy atom. The molecule has 0 spiro atoms. The summed E-state index contributed by atoms with van der Waals surface area (Å²) in [6.07, 6.45) is 5.14. The normalized spacial score (nSPS) is 11.3. The van der Waals surface area contributed by atoms with Crippen molar-refractivity contribution in [2.24, 2.45) is 0 Å². The molecule has 1 aromatic rings. The highest BCUT2D eigenvalue weighted by Gasteiger charge is 1.97. The first kappa shape index (κ1) is 11.5. The summed E-state index contributed by atoms with van der Waals surface area (Å²) in [7, 11) is 0. The van der Waals surface area contributed by atoms with Gasteiger partial charge in [-0.1, -0.05) is 29.8 Å². The second kappa shape index (κ2) is 5.32. The molecule has 0 saturated heterocycles. The molecule has 1 aromatic carbocycles. The van der Waals surface area contributed by atoms with Gasteiger partial charge in [0.2, 0.25) is 0 Å². The van der Waals surface area contributed by atoms with E-state index in [4.69, 9.17) is 16.7 Å². The largest absolute Gasteiger partial charge is 0.478 e. The second-order valence-electron chi connectivity index (χ2n) is 2.72. The molecule has 2 nitrogen and oxygen atoms in total. The molecule has 0 bridgehead atoms. The van der Waals surface area contributed by atoms with E-state index in [1.165, 1.54) is 36.4 Å². The van der Waals surface area contributed by atoms with Crippen molar-refractivity contribution in [2.45, 2.75) is 0 Å². The number of carbonyl (C=O) groups is 1. The Morgan fingerprint density at radius 2 is 2.13 bits per heavy atom. The number of carboxylic acids is 1. The fourth-order valence-electron chi connectivity index (χ4n) is 0.939. The van der Waals surface area contributed by atoms with Crippen LogP contribution in [0.5, 0.6) is 0 Å². The maximum absolute atomic E-state index is 13.1. The molecule has 0 atom stereocenters. The van der Waals surface area contributed by atoms with Crippen molar-refractivity contribution in [1.29, 1.82) is 0 Å². The van der Waals surface area contributed by atoms with Gasteiger partial charge in [-0.2, -0.15) is 0 Å². The number of carboxylic acid groups (broad SMARTS) is 1. The van der Waals surface area contributed by atoms with E-state index in [1.54, 1.807) is 0 Å². The van der Waals surface area contributed by atoms with Gasteiger partial charge in [-0.25, -0.2) is 9.18 Å². The van der Waals surface area contributed by atoms with Crippen molar-refractivity contribution in [3.05, 3.63) is 52.8 Å². The van der Waals surface area contributed by atoms with Crippen molar-refractivity contribution < 1.29 is 14.3 Å². The average Bonchev–Trinajstić information content (AvgIpc) is 2.17. The molecule has 0 aromatic heterocycles. The summed E-state index contributed by atoms with van der Waals surface area (Å²) in [5.74, 6) is -1.45. The molecular weight excluding hydrogens is 219 g/mol. The van der Waals surface area contributed by atoms with E-state index < -0.39 is 11.8 Å². The summed E-state index contributed by atoms with van der Waals surface area (Å²) < 4.78 is 13.1. The van der Waals surface area contributed by atoms with E-state index in [0.717, 1.165) is 6.08 Å². The summed E-state index contributed by atoms with van der Waals surface area (Å²) in [4.78, 5) is 10.1. The fourth-order valence-corrected chi connectivity index (χ4v) is 1.12. The highest BCUT2D eigenvalue weighted by molar-refractivity contribution is 6.30. The number of rotatable bonds is 3. The van der Waals surface area contributed by atoms with Crippen LogP contribution in [0.15, 0.2) is 36.4 Å². The first-order chi connectivity index (χ1) is 7.09. The Bertz CT molecular complexity index is 425. The van der Waals surface area contributed by atoms with E-state index in [0.29, 0.717) is 10.6 Å². The molecule has 0 unspecified atom stereocenters. The predicted molar refractivity (Wildman–Crippen MR) is 57.2 cm³/mol. The zero-order chi connectivity index (χ0) is 11.3. The van der Waals surface area contributed by atoms with Crippen molar-refractivity contribution in [3.63, 3.8) is 0 Å². The van der Waals surface area contributed by atoms with Gasteiger partial charge in [0.25, 0.3) is 0 Å². The summed E-state index contributed by atoms with van der Waals surface area (Å²) in [5.41, 5.74) is 0.317. The van der Waals surface area contributed by atoms with Gasteiger partial charge in [0.1, 0.15) is 5.82 Å². The Hall–Kier alpha value is -1.61. The summed E-state index contributed by atoms with van der Waals surface area (Å²) in [5, 5.41) is 8.72. The minimum Gasteiger partial charge on any atom is -0.478 e. The van der Waals surface area contributed by atoms with E-state index in [-0.39, 0.29) is 0 Å². The number of hydrogen-bond acceptors (Lipinski definition) is 1. The van der Waals surface area contributed by atoms with E-state index >= 15 is 0 Å². The van der Waals surface area contributed by atoms with Crippen molar-refractivity contribution in [2.75, 3.05) is 0 Å². The predicted octanol–water partition coefficient (Wildman–Crippen LogP) is 3.13. The van der Waals surface area contributed by atoms with Gasteiger partial charge in [0.15, 0.2) is 0 Å². The molecule has 0 radical (unpaired) electrons. The Balaban J connectivity index is 2.80. The van der Waals surface area contributed by atoms with E-state index in [2.05, 4.69) is 0 Å². The van der Waals surface area contributed by atoms with Gasteiger partial charge in [-0.15, -0.1) is 0 Å². The molecule has 0 saturated carbocycles. The third-order valence-electron chi connectivity index (χ3n) is 1.58. The van der Waals surface area contributed by atoms with Gasteiger partial charge < -0.3 is 5.11 Å². The topological polar surface area (TPSA) is 37.3 Å². The molecule has 15 heavy (non-hydrogen) atoms. The van der Waals surface area contributed by atoms with Crippen LogP contribution < -0.4 is 0 Å². The molecule has 0 aliphatic rings. The van der Waals surface area contributed by atoms with E-state index in [1.807, 2.05) is 0 Å². The summed E-state index contributed by atoms with van der Waals surface area (Å²) in [6.45, 7) is 0. The molecule has 0 heterocycles. The molecule has 1 N–H and O–H groups in total. The average molecular weight is 227 g/mol. The van der Waals surface area contributed by atoms with Crippen LogP contribution in [0.3, 0.4) is 0 Å². The Labute approximate surface area is 91.3 Å². The molecule has 0 amide bonds. The van der Waals surface area contributed by atoms with Gasteiger partial charge in [0.05, 0.1) is 0 Å². The van der Waals surface area contributed by atoms with Crippen LogP contribution in [0.25, 0.3) is 6.08 Å². The fraction of sp³-hybridized carbons (Fsp3) is 0. The van der Waals surface area contributed by atoms with Crippen LogP contribution in [0.4, 0.5) is 4.39 Å². The van der Waals surface area contributed by atoms with Crippen LogP contribution >= 0.6 is 11.6 Å². The summed E-state index contributed by atoms with van der Waals surface area (Å²) >= 11 is 5.67. The van der Waals surface area contributed by atoms with Crippen molar-refractivity contribution in [3.8, 4) is 0 Å². The Kier molecular flexibility index (Phi) is 4.06. The van der Waals surface area contributed by atoms with Gasteiger partial charge in [-0.3, -0.25) is 0 Å². The van der Waals surface area contributed by atoms with Gasteiger partial charge in [-0.05, 0) is 18.2 Å². The molecule has 78 valence electrons. The van der Waals surface area contributed by atoms with Crippen LogP contribution in [0, 0.1) is 5.82 Å². The van der Waals surface area contributed by atoms with Crippen LogP contribution in [-0.4, -0.2) is 11.1 Å². The standard InChI is InChI=1S/C11H8ClFO2/c12-9-5-6-10(13)8(7-9)3-1-2-4-11(14)15/h1-7H,(H,14,15)/b3-1+,4-2+. The molecule has 0 fully saturated rings. The number of hydrogen-bond donors (Lipinski definition) is 1. The summed E-state index contributed by atoms with van der Waals surface area (Å²) in [6, 6.07) is 4.16. The Morgan fingerprint density at radius 1 is 1.40 bits per heavy atom. The molecule has 1 rings (SSSR count). The molecule has 4 heteroatoms. The van der Waals surface area contributed by atoms with Crippen LogP contribution in [-0.2, 0) is 4.79 Å². The number of allylic oxidation sites excluding steroid dienone is 2. The lowest BCUT2D eigenvalue weighted by Crippen LogP contribution is -1.84. The van der Waals surface area contributed by atoms with Crippen LogP contribution in [0.1, 0.15) is 5.56 Å². The van der Waals surface area contributed by atoms with Crippen molar-refractivity contribution in [1.82, 2.24) is 0 Å². The minimum absolute atomic E-state index is 0.317. The maximum Gasteiger partial charge on any atom is 0.328 e. The zero-order valence-electron chi connectivity index (χ0n) is 7.65. The number of aliphatic carboxylic acids is 1. The number of benzene rings is 1. The minimum atomic E-state index is -1.05. The smallest absolute Gasteiger partial charge is 0.328 e. The first-order valence-electron chi connectivity index (χ1n) is 4.12. The number of halogens is 2. The molecular formula is C11H8ClFO2. The van der Waals surface area contributed by atoms with Gasteiger partial charge >= 0.3 is 5.97 Å². The van der Waals surface area contributed by atoms with Crippen molar-refractivity contribution >= 4 is 23.6 Å². The lowest BCUT2D eigenvalue weighted by molar-refractivity contribution is -0.131. The lowest BCUT2D eigenvalue weighted by atomic mass is 10.2. The lowest BCUT2D eigenvalue weighted by Gasteiger charge is -1.96. The quantitative estimate of drug-likeness (QED) is 0.635. The maximum atomic E-state index is 13.1.